The van der Waals surface area contributed by atoms with Crippen molar-refractivity contribution in [2.45, 2.75) is 25.6 Å². The van der Waals surface area contributed by atoms with Crippen LogP contribution in [-0.4, -0.2) is 31.1 Å². The molecule has 1 N–H and O–H groups in total. The molecule has 2 rings (SSSR count). The zero-order chi connectivity index (χ0) is 14.8. The molecule has 0 bridgehead atoms. The van der Waals surface area contributed by atoms with E-state index in [2.05, 4.69) is 10.2 Å². The second-order valence-electron chi connectivity index (χ2n) is 4.98. The molecule has 1 aliphatic rings. The lowest BCUT2D eigenvalue weighted by molar-refractivity contribution is -0.137. The molecule has 0 aromatic heterocycles. The number of hydrogen-bond acceptors (Lipinski definition) is 2. The van der Waals surface area contributed by atoms with Gasteiger partial charge in [-0.3, -0.25) is 4.90 Å². The van der Waals surface area contributed by atoms with Gasteiger partial charge in [-0.2, -0.15) is 13.2 Å². The Morgan fingerprint density at radius 2 is 1.81 bits per heavy atom. The largest absolute Gasteiger partial charge is 0.416 e. The van der Waals surface area contributed by atoms with Crippen molar-refractivity contribution in [2.75, 3.05) is 26.2 Å². The Hall–Kier alpha value is -0.850. The summed E-state index contributed by atoms with van der Waals surface area (Å²) in [6, 6.07) is 2.66. The minimum atomic E-state index is -4.52. The minimum Gasteiger partial charge on any atom is -0.314 e. The maximum absolute atomic E-state index is 13.5. The van der Waals surface area contributed by atoms with Gasteiger partial charge >= 0.3 is 6.18 Å². The van der Waals surface area contributed by atoms with Gasteiger partial charge in [-0.15, -0.1) is 12.4 Å². The molecule has 1 atom stereocenters. The highest BCUT2D eigenvalue weighted by atomic mass is 35.5. The summed E-state index contributed by atoms with van der Waals surface area (Å²) in [6.45, 7) is 5.04. The molecule has 0 spiro atoms. The van der Waals surface area contributed by atoms with E-state index < -0.39 is 17.6 Å². The fraction of sp³-hybridized carbons (Fsp3) is 0.571. The van der Waals surface area contributed by atoms with Gasteiger partial charge in [-0.1, -0.05) is 6.92 Å². The average Bonchev–Trinajstić information content (AvgIpc) is 2.39. The summed E-state index contributed by atoms with van der Waals surface area (Å²) in [5, 5.41) is 3.20. The van der Waals surface area contributed by atoms with Crippen molar-refractivity contribution in [1.82, 2.24) is 10.2 Å². The highest BCUT2D eigenvalue weighted by Crippen LogP contribution is 2.33. The van der Waals surface area contributed by atoms with Gasteiger partial charge < -0.3 is 5.32 Å². The third kappa shape index (κ3) is 4.56. The Labute approximate surface area is 127 Å². The third-order valence-corrected chi connectivity index (χ3v) is 3.61. The Balaban J connectivity index is 0.00000220. The first-order valence-corrected chi connectivity index (χ1v) is 6.74. The maximum Gasteiger partial charge on any atom is 0.416 e. The number of nitrogens with one attached hydrogen (secondary N) is 1. The summed E-state index contributed by atoms with van der Waals surface area (Å²) in [5.74, 6) is -0.830. The number of benzene rings is 1. The van der Waals surface area contributed by atoms with E-state index in [9.17, 15) is 17.6 Å². The zero-order valence-corrected chi connectivity index (χ0v) is 12.5. The molecule has 21 heavy (non-hydrogen) atoms. The van der Waals surface area contributed by atoms with Crippen molar-refractivity contribution in [3.63, 3.8) is 0 Å². The molecule has 1 heterocycles. The second-order valence-corrected chi connectivity index (χ2v) is 4.98. The standard InChI is InChI=1S/C14H18F4N2.ClH/c1-2-13(20-5-3-19-4-6-20)10-7-11(14(16,17)18)9-12(15)8-10;/h7-9,13,19H,2-6H2,1H3;1H/t13-;/m1./s1. The van der Waals surface area contributed by atoms with Gasteiger partial charge in [0.05, 0.1) is 5.56 Å². The number of piperazine rings is 1. The normalized spacial score (nSPS) is 18.1. The number of rotatable bonds is 3. The van der Waals surface area contributed by atoms with Crippen molar-refractivity contribution < 1.29 is 17.6 Å². The first-order valence-electron chi connectivity index (χ1n) is 6.74. The van der Waals surface area contributed by atoms with Gasteiger partial charge in [-0.25, -0.2) is 4.39 Å². The van der Waals surface area contributed by atoms with Crippen LogP contribution < -0.4 is 5.32 Å². The Morgan fingerprint density at radius 3 is 2.33 bits per heavy atom. The van der Waals surface area contributed by atoms with E-state index in [0.717, 1.165) is 32.2 Å². The van der Waals surface area contributed by atoms with Crippen LogP contribution in [0.3, 0.4) is 0 Å². The van der Waals surface area contributed by atoms with Gasteiger partial charge in [0.2, 0.25) is 0 Å². The predicted octanol–water partition coefficient (Wildman–Crippen LogP) is 3.62. The topological polar surface area (TPSA) is 15.3 Å². The molecule has 1 aromatic carbocycles. The van der Waals surface area contributed by atoms with E-state index in [-0.39, 0.29) is 18.4 Å². The van der Waals surface area contributed by atoms with Crippen LogP contribution in [0.25, 0.3) is 0 Å². The van der Waals surface area contributed by atoms with Gasteiger partial charge in [0, 0.05) is 32.2 Å². The summed E-state index contributed by atoms with van der Waals surface area (Å²) in [6.07, 6.45) is -3.86. The van der Waals surface area contributed by atoms with Crippen molar-refractivity contribution in [1.29, 1.82) is 0 Å². The smallest absolute Gasteiger partial charge is 0.314 e. The molecular formula is C14H19ClF4N2. The highest BCUT2D eigenvalue weighted by molar-refractivity contribution is 5.85. The maximum atomic E-state index is 13.5. The summed E-state index contributed by atoms with van der Waals surface area (Å²) in [4.78, 5) is 2.10. The molecular weight excluding hydrogens is 308 g/mol. The second kappa shape index (κ2) is 7.42. The lowest BCUT2D eigenvalue weighted by atomic mass is 9.99. The third-order valence-electron chi connectivity index (χ3n) is 3.61. The van der Waals surface area contributed by atoms with E-state index in [1.54, 1.807) is 0 Å². The fourth-order valence-corrected chi connectivity index (χ4v) is 2.67. The van der Waals surface area contributed by atoms with Crippen LogP contribution in [0.15, 0.2) is 18.2 Å². The van der Waals surface area contributed by atoms with Crippen molar-refractivity contribution >= 4 is 12.4 Å². The van der Waals surface area contributed by atoms with E-state index in [0.29, 0.717) is 18.1 Å². The number of nitrogens with zero attached hydrogens (tertiary/aromatic N) is 1. The van der Waals surface area contributed by atoms with Crippen LogP contribution in [0.5, 0.6) is 0 Å². The van der Waals surface area contributed by atoms with Crippen molar-refractivity contribution in [3.8, 4) is 0 Å². The molecule has 0 amide bonds. The molecule has 0 aliphatic carbocycles. The highest BCUT2D eigenvalue weighted by Gasteiger charge is 2.32. The van der Waals surface area contributed by atoms with Gasteiger partial charge in [-0.05, 0) is 30.2 Å². The molecule has 7 heteroatoms. The number of hydrogen-bond donors (Lipinski definition) is 1. The summed E-state index contributed by atoms with van der Waals surface area (Å²) < 4.78 is 51.8. The molecule has 1 fully saturated rings. The Morgan fingerprint density at radius 1 is 1.19 bits per heavy atom. The summed E-state index contributed by atoms with van der Waals surface area (Å²) >= 11 is 0. The van der Waals surface area contributed by atoms with Crippen LogP contribution in [0, 0.1) is 5.82 Å². The molecule has 1 aliphatic heterocycles. The van der Waals surface area contributed by atoms with Gasteiger partial charge in [0.25, 0.3) is 0 Å². The van der Waals surface area contributed by atoms with Crippen LogP contribution >= 0.6 is 12.4 Å². The van der Waals surface area contributed by atoms with Crippen LogP contribution in [0.2, 0.25) is 0 Å². The summed E-state index contributed by atoms with van der Waals surface area (Å²) in [7, 11) is 0. The van der Waals surface area contributed by atoms with Gasteiger partial charge in [0.1, 0.15) is 5.82 Å². The molecule has 2 nitrogen and oxygen atoms in total. The average molecular weight is 327 g/mol. The van der Waals surface area contributed by atoms with Gasteiger partial charge in [0.15, 0.2) is 0 Å². The molecule has 1 aromatic rings. The fourth-order valence-electron chi connectivity index (χ4n) is 2.67. The van der Waals surface area contributed by atoms with Crippen molar-refractivity contribution in [2.24, 2.45) is 0 Å². The first kappa shape index (κ1) is 18.2. The Bertz CT molecular complexity index is 459. The van der Waals surface area contributed by atoms with Crippen molar-refractivity contribution in [3.05, 3.63) is 35.1 Å². The number of halogens is 5. The SMILES string of the molecule is CC[C@H](c1cc(F)cc(C(F)(F)F)c1)N1CCNCC1.Cl. The molecule has 0 unspecified atom stereocenters. The van der Waals surface area contributed by atoms with E-state index in [1.165, 1.54) is 6.07 Å². The molecule has 0 saturated carbocycles. The molecule has 120 valence electrons. The van der Waals surface area contributed by atoms with E-state index in [1.807, 2.05) is 6.92 Å². The van der Waals surface area contributed by atoms with Crippen LogP contribution in [0.4, 0.5) is 17.6 Å². The quantitative estimate of drug-likeness (QED) is 0.853. The van der Waals surface area contributed by atoms with Crippen LogP contribution in [0.1, 0.15) is 30.5 Å². The van der Waals surface area contributed by atoms with Crippen LogP contribution in [-0.2, 0) is 6.18 Å². The first-order chi connectivity index (χ1) is 9.41. The monoisotopic (exact) mass is 326 g/mol. The molecule has 1 saturated heterocycles. The molecule has 0 radical (unpaired) electrons. The van der Waals surface area contributed by atoms with E-state index in [4.69, 9.17) is 0 Å². The summed E-state index contributed by atoms with van der Waals surface area (Å²) in [5.41, 5.74) is -0.511. The minimum absolute atomic E-state index is 0. The Kier molecular flexibility index (Phi) is 6.43. The number of alkyl halides is 3. The van der Waals surface area contributed by atoms with E-state index >= 15 is 0 Å². The predicted molar refractivity (Wildman–Crippen MR) is 76.1 cm³/mol. The lowest BCUT2D eigenvalue weighted by Gasteiger charge is -2.35. The lowest BCUT2D eigenvalue weighted by Crippen LogP contribution is -2.45. The zero-order valence-electron chi connectivity index (χ0n) is 11.7.